The first-order valence-electron chi connectivity index (χ1n) is 10.9. The first-order chi connectivity index (χ1) is 15.6. The standard InChI is InChI=1S/C21H27N9O2/c1-4-30-19(14-7-22-13(2)23-8-14)27-17-18(24-12-25-20(17)30)26-15-5-6-28(9-15)21(31)29-10-16(11-29)32-3/h7-8,12,15-16H,4-6,9-11H2,1-3H3,(H,24,25,26). The molecule has 0 radical (unpaired) electrons. The van der Waals surface area contributed by atoms with Crippen molar-refractivity contribution in [3.63, 3.8) is 0 Å². The minimum Gasteiger partial charge on any atom is -0.378 e. The Labute approximate surface area is 185 Å². The van der Waals surface area contributed by atoms with Gasteiger partial charge in [-0.05, 0) is 20.3 Å². The van der Waals surface area contributed by atoms with Crippen molar-refractivity contribution in [3.05, 3.63) is 24.5 Å². The molecule has 11 heteroatoms. The van der Waals surface area contributed by atoms with Gasteiger partial charge in [0, 0.05) is 45.2 Å². The van der Waals surface area contributed by atoms with Crippen LogP contribution in [-0.2, 0) is 11.3 Å². The number of likely N-dealkylation sites (tertiary alicyclic amines) is 2. The predicted molar refractivity (Wildman–Crippen MR) is 118 cm³/mol. The summed E-state index contributed by atoms with van der Waals surface area (Å²) in [5.74, 6) is 2.16. The molecule has 1 unspecified atom stereocenters. The Morgan fingerprint density at radius 3 is 2.66 bits per heavy atom. The molecule has 2 saturated heterocycles. The van der Waals surface area contributed by atoms with Gasteiger partial charge in [-0.1, -0.05) is 0 Å². The normalized spacial score (nSPS) is 18.9. The fraction of sp³-hybridized carbons (Fsp3) is 0.524. The van der Waals surface area contributed by atoms with Crippen molar-refractivity contribution in [2.45, 2.75) is 39.0 Å². The fourth-order valence-electron chi connectivity index (χ4n) is 4.26. The zero-order chi connectivity index (χ0) is 22.2. The molecule has 0 saturated carbocycles. The molecule has 0 spiro atoms. The second kappa shape index (κ2) is 8.30. The molecule has 5 heterocycles. The summed E-state index contributed by atoms with van der Waals surface area (Å²) in [5.41, 5.74) is 2.31. The van der Waals surface area contributed by atoms with E-state index < -0.39 is 0 Å². The van der Waals surface area contributed by atoms with Crippen LogP contribution in [0.5, 0.6) is 0 Å². The summed E-state index contributed by atoms with van der Waals surface area (Å²) in [6.45, 7) is 7.29. The Hall–Kier alpha value is -3.34. The molecule has 168 valence electrons. The maximum Gasteiger partial charge on any atom is 0.320 e. The summed E-state index contributed by atoms with van der Waals surface area (Å²) in [5, 5.41) is 3.49. The van der Waals surface area contributed by atoms with E-state index in [1.807, 2.05) is 21.3 Å². The highest BCUT2D eigenvalue weighted by atomic mass is 16.5. The van der Waals surface area contributed by atoms with E-state index in [0.29, 0.717) is 49.9 Å². The first-order valence-corrected chi connectivity index (χ1v) is 10.9. The van der Waals surface area contributed by atoms with Crippen molar-refractivity contribution in [2.24, 2.45) is 0 Å². The molecule has 2 amide bonds. The SMILES string of the molecule is CCn1c(-c2cnc(C)nc2)nc2c(NC3CCN(C(=O)N4CC(OC)C4)C3)ncnc21. The largest absolute Gasteiger partial charge is 0.378 e. The van der Waals surface area contributed by atoms with Gasteiger partial charge in [0.1, 0.15) is 18.0 Å². The van der Waals surface area contributed by atoms with Crippen LogP contribution in [0.4, 0.5) is 10.6 Å². The first kappa shape index (κ1) is 20.6. The predicted octanol–water partition coefficient (Wildman–Crippen LogP) is 1.55. The third kappa shape index (κ3) is 3.62. The fourth-order valence-corrected chi connectivity index (χ4v) is 4.26. The van der Waals surface area contributed by atoms with Crippen molar-refractivity contribution in [1.29, 1.82) is 0 Å². The maximum absolute atomic E-state index is 12.7. The second-order valence-electron chi connectivity index (χ2n) is 8.21. The molecule has 32 heavy (non-hydrogen) atoms. The third-order valence-corrected chi connectivity index (χ3v) is 6.14. The number of hydrogen-bond acceptors (Lipinski definition) is 8. The number of ether oxygens (including phenoxy) is 1. The summed E-state index contributed by atoms with van der Waals surface area (Å²) < 4.78 is 7.31. The van der Waals surface area contributed by atoms with E-state index in [0.717, 1.165) is 23.5 Å². The Morgan fingerprint density at radius 1 is 1.16 bits per heavy atom. The molecule has 0 aromatic carbocycles. The summed E-state index contributed by atoms with van der Waals surface area (Å²) in [6.07, 6.45) is 6.12. The van der Waals surface area contributed by atoms with Crippen LogP contribution in [0.15, 0.2) is 18.7 Å². The average molecular weight is 438 g/mol. The summed E-state index contributed by atoms with van der Waals surface area (Å²) in [4.78, 5) is 38.8. The summed E-state index contributed by atoms with van der Waals surface area (Å²) >= 11 is 0. The molecule has 5 rings (SSSR count). The smallest absolute Gasteiger partial charge is 0.320 e. The molecule has 3 aromatic heterocycles. The number of carbonyl (C=O) groups is 1. The molecule has 2 fully saturated rings. The van der Waals surface area contributed by atoms with Crippen LogP contribution in [0, 0.1) is 6.92 Å². The number of aryl methyl sites for hydroxylation is 2. The third-order valence-electron chi connectivity index (χ3n) is 6.14. The van der Waals surface area contributed by atoms with Crippen molar-refractivity contribution < 1.29 is 9.53 Å². The van der Waals surface area contributed by atoms with Crippen LogP contribution >= 0.6 is 0 Å². The van der Waals surface area contributed by atoms with Crippen molar-refractivity contribution >= 4 is 23.0 Å². The van der Waals surface area contributed by atoms with Crippen LogP contribution in [0.1, 0.15) is 19.2 Å². The van der Waals surface area contributed by atoms with E-state index >= 15 is 0 Å². The quantitative estimate of drug-likeness (QED) is 0.639. The number of nitrogens with one attached hydrogen (secondary N) is 1. The van der Waals surface area contributed by atoms with E-state index in [1.54, 1.807) is 25.8 Å². The number of urea groups is 1. The second-order valence-corrected chi connectivity index (χ2v) is 8.21. The highest BCUT2D eigenvalue weighted by Crippen LogP contribution is 2.27. The topological polar surface area (TPSA) is 114 Å². The number of carbonyl (C=O) groups excluding carboxylic acids is 1. The number of amides is 2. The van der Waals surface area contributed by atoms with Gasteiger partial charge in [-0.25, -0.2) is 29.7 Å². The molecule has 2 aliphatic heterocycles. The number of nitrogens with zero attached hydrogens (tertiary/aromatic N) is 8. The minimum atomic E-state index is 0.0763. The molecular formula is C21H27N9O2. The number of methoxy groups -OCH3 is 1. The van der Waals surface area contributed by atoms with Crippen LogP contribution < -0.4 is 5.32 Å². The number of rotatable bonds is 5. The van der Waals surface area contributed by atoms with Crippen LogP contribution in [0.3, 0.4) is 0 Å². The number of hydrogen-bond donors (Lipinski definition) is 1. The molecule has 0 bridgehead atoms. The molecule has 11 nitrogen and oxygen atoms in total. The number of anilines is 1. The van der Waals surface area contributed by atoms with E-state index in [9.17, 15) is 4.79 Å². The Balaban J connectivity index is 1.35. The lowest BCUT2D eigenvalue weighted by Crippen LogP contribution is -2.58. The van der Waals surface area contributed by atoms with Gasteiger partial charge < -0.3 is 24.4 Å². The van der Waals surface area contributed by atoms with E-state index in [-0.39, 0.29) is 18.2 Å². The number of fused-ring (bicyclic) bond motifs is 1. The molecule has 2 aliphatic rings. The minimum absolute atomic E-state index is 0.0763. The lowest BCUT2D eigenvalue weighted by molar-refractivity contribution is -0.0143. The van der Waals surface area contributed by atoms with E-state index in [1.165, 1.54) is 0 Å². The number of imidazole rings is 1. The average Bonchev–Trinajstić information content (AvgIpc) is 3.38. The number of aromatic nitrogens is 6. The highest BCUT2D eigenvalue weighted by Gasteiger charge is 2.36. The Kier molecular flexibility index (Phi) is 5.33. The van der Waals surface area contributed by atoms with Crippen molar-refractivity contribution in [3.8, 4) is 11.4 Å². The summed E-state index contributed by atoms with van der Waals surface area (Å²) in [6, 6.07) is 0.182. The summed E-state index contributed by atoms with van der Waals surface area (Å²) in [7, 11) is 1.68. The maximum atomic E-state index is 12.7. The van der Waals surface area contributed by atoms with Crippen molar-refractivity contribution in [2.75, 3.05) is 38.6 Å². The molecule has 3 aromatic rings. The monoisotopic (exact) mass is 437 g/mol. The van der Waals surface area contributed by atoms with Gasteiger partial charge in [0.05, 0.1) is 24.8 Å². The lowest BCUT2D eigenvalue weighted by Gasteiger charge is -2.40. The van der Waals surface area contributed by atoms with Crippen LogP contribution in [0.25, 0.3) is 22.6 Å². The van der Waals surface area contributed by atoms with Gasteiger partial charge in [-0.2, -0.15) is 0 Å². The van der Waals surface area contributed by atoms with Gasteiger partial charge in [-0.3, -0.25) is 0 Å². The van der Waals surface area contributed by atoms with Gasteiger partial charge in [0.25, 0.3) is 0 Å². The van der Waals surface area contributed by atoms with E-state index in [4.69, 9.17) is 9.72 Å². The molecule has 1 atom stereocenters. The van der Waals surface area contributed by atoms with Crippen LogP contribution in [0.2, 0.25) is 0 Å². The zero-order valence-electron chi connectivity index (χ0n) is 18.5. The van der Waals surface area contributed by atoms with E-state index in [2.05, 4.69) is 32.2 Å². The van der Waals surface area contributed by atoms with Crippen LogP contribution in [-0.4, -0.2) is 90.8 Å². The lowest BCUT2D eigenvalue weighted by atomic mass is 10.2. The van der Waals surface area contributed by atoms with Gasteiger partial charge >= 0.3 is 6.03 Å². The van der Waals surface area contributed by atoms with Gasteiger partial charge in [0.15, 0.2) is 17.0 Å². The zero-order valence-corrected chi connectivity index (χ0v) is 18.5. The van der Waals surface area contributed by atoms with Gasteiger partial charge in [-0.15, -0.1) is 0 Å². The Bertz CT molecular complexity index is 1120. The highest BCUT2D eigenvalue weighted by molar-refractivity contribution is 5.86. The van der Waals surface area contributed by atoms with Gasteiger partial charge in [0.2, 0.25) is 0 Å². The molecular weight excluding hydrogens is 410 g/mol. The molecule has 0 aliphatic carbocycles. The molecule has 1 N–H and O–H groups in total. The Morgan fingerprint density at radius 2 is 1.94 bits per heavy atom. The van der Waals surface area contributed by atoms with Crippen molar-refractivity contribution in [1.82, 2.24) is 39.3 Å².